The minimum atomic E-state index is -3.44. The molecule has 5 atom stereocenters. The van der Waals surface area contributed by atoms with Gasteiger partial charge in [-0.2, -0.15) is 0 Å². The number of hydrogen-bond acceptors (Lipinski definition) is 5. The van der Waals surface area contributed by atoms with Crippen LogP contribution in [-0.4, -0.2) is 40.5 Å². The lowest BCUT2D eigenvalue weighted by Gasteiger charge is -2.63. The van der Waals surface area contributed by atoms with Crippen molar-refractivity contribution >= 4 is 25.7 Å². The van der Waals surface area contributed by atoms with Crippen molar-refractivity contribution in [1.29, 1.82) is 0 Å². The number of fused-ring (bicyclic) bond motifs is 5. The third-order valence-electron chi connectivity index (χ3n) is 8.94. The van der Waals surface area contributed by atoms with Crippen LogP contribution in [-0.2, 0) is 31.9 Å². The van der Waals surface area contributed by atoms with Crippen LogP contribution in [0.4, 0.5) is 5.69 Å². The van der Waals surface area contributed by atoms with Crippen molar-refractivity contribution in [2.75, 3.05) is 17.2 Å². The topological polar surface area (TPSA) is 113 Å². The van der Waals surface area contributed by atoms with E-state index in [1.54, 1.807) is 0 Å². The number of phenolic OH excluding ortho intramolecular Hbond substituents is 1. The van der Waals surface area contributed by atoms with Crippen LogP contribution in [0.25, 0.3) is 0 Å². The first-order valence-electron chi connectivity index (χ1n) is 11.3. The average Bonchev–Trinajstić information content (AvgIpc) is 2.89. The lowest BCUT2D eigenvalue weighted by Crippen LogP contribution is -2.61. The Morgan fingerprint density at radius 1 is 0.938 bits per heavy atom. The molecule has 4 rings (SSSR count). The summed E-state index contributed by atoms with van der Waals surface area (Å²) in [5, 5.41) is 11.0. The molecule has 3 N–H and O–H groups in total. The van der Waals surface area contributed by atoms with Gasteiger partial charge < -0.3 is 5.11 Å². The maximum Gasteiger partial charge on any atom is 0.229 e. The van der Waals surface area contributed by atoms with Gasteiger partial charge in [0.1, 0.15) is 5.75 Å². The number of benzene rings is 1. The highest BCUT2D eigenvalue weighted by atomic mass is 32.2. The summed E-state index contributed by atoms with van der Waals surface area (Å²) in [5.74, 6) is 0.792. The lowest BCUT2D eigenvalue weighted by molar-refractivity contribution is -0.109. The predicted molar refractivity (Wildman–Crippen MR) is 127 cm³/mol. The normalized spacial score (nSPS) is 36.1. The van der Waals surface area contributed by atoms with Gasteiger partial charge in [-0.3, -0.25) is 4.72 Å². The minimum Gasteiger partial charge on any atom is -0.508 e. The number of phenols is 1. The summed E-state index contributed by atoms with van der Waals surface area (Å²) in [6.07, 6.45) is 6.68. The highest BCUT2D eigenvalue weighted by molar-refractivity contribution is 7.92. The fraction of sp³-hybridized carbons (Fsp3) is 0.739. The third kappa shape index (κ3) is 3.74. The molecule has 3 aliphatic rings. The monoisotopic (exact) mass is 484 g/mol. The van der Waals surface area contributed by atoms with Gasteiger partial charge >= 0.3 is 0 Å². The summed E-state index contributed by atoms with van der Waals surface area (Å²) in [6.45, 7) is 8.96. The number of rotatable bonds is 4. The molecule has 0 bridgehead atoms. The van der Waals surface area contributed by atoms with Gasteiger partial charge in [-0.15, -0.1) is 0 Å². The van der Waals surface area contributed by atoms with Gasteiger partial charge in [0, 0.05) is 23.1 Å². The van der Waals surface area contributed by atoms with E-state index in [9.17, 15) is 21.9 Å². The molecule has 0 radical (unpaired) electrons. The molecule has 0 aromatic heterocycles. The highest BCUT2D eigenvalue weighted by Gasteiger charge is 2.63. The molecule has 0 aliphatic heterocycles. The molecule has 5 unspecified atom stereocenters. The van der Waals surface area contributed by atoms with E-state index < -0.39 is 20.0 Å². The highest BCUT2D eigenvalue weighted by Crippen LogP contribution is 2.68. The van der Waals surface area contributed by atoms with Crippen molar-refractivity contribution in [3.63, 3.8) is 0 Å². The molecule has 32 heavy (non-hydrogen) atoms. The van der Waals surface area contributed by atoms with E-state index in [4.69, 9.17) is 0 Å². The quantitative estimate of drug-likeness (QED) is 0.607. The van der Waals surface area contributed by atoms with Gasteiger partial charge in [0.2, 0.25) is 20.0 Å². The van der Waals surface area contributed by atoms with Crippen molar-refractivity contribution in [2.24, 2.45) is 22.7 Å². The van der Waals surface area contributed by atoms with Gasteiger partial charge in [0.05, 0.1) is 18.2 Å². The molecular weight excluding hydrogens is 448 g/mol. The molecule has 7 nitrogen and oxygen atoms in total. The lowest BCUT2D eigenvalue weighted by atomic mass is 9.43. The molecule has 0 amide bonds. The summed E-state index contributed by atoms with van der Waals surface area (Å²) < 4.78 is 52.8. The molecule has 0 saturated heterocycles. The second kappa shape index (κ2) is 7.09. The summed E-state index contributed by atoms with van der Waals surface area (Å²) in [5.41, 5.74) is 1.96. The van der Waals surface area contributed by atoms with Crippen molar-refractivity contribution in [3.05, 3.63) is 23.3 Å². The maximum absolute atomic E-state index is 12.0. The van der Waals surface area contributed by atoms with Crippen LogP contribution in [0.15, 0.2) is 12.1 Å². The van der Waals surface area contributed by atoms with Crippen LogP contribution < -0.4 is 9.44 Å². The number of anilines is 1. The zero-order valence-corrected chi connectivity index (χ0v) is 21.5. The Labute approximate surface area is 192 Å². The van der Waals surface area contributed by atoms with Gasteiger partial charge in [0.25, 0.3) is 0 Å². The molecule has 0 spiro atoms. The molecule has 9 heteroatoms. The van der Waals surface area contributed by atoms with Crippen LogP contribution in [0.1, 0.15) is 64.5 Å². The fourth-order valence-corrected chi connectivity index (χ4v) is 9.27. The summed E-state index contributed by atoms with van der Waals surface area (Å²) in [7, 11) is -6.73. The molecule has 3 aliphatic carbocycles. The predicted octanol–water partition coefficient (Wildman–Crippen LogP) is 3.35. The minimum absolute atomic E-state index is 0.0118. The fourth-order valence-electron chi connectivity index (χ4n) is 7.78. The largest absolute Gasteiger partial charge is 0.508 e. The summed E-state index contributed by atoms with van der Waals surface area (Å²) in [4.78, 5) is 0. The van der Waals surface area contributed by atoms with Gasteiger partial charge in [-0.25, -0.2) is 21.6 Å². The van der Waals surface area contributed by atoms with Crippen LogP contribution in [0, 0.1) is 22.7 Å². The van der Waals surface area contributed by atoms with Gasteiger partial charge in [-0.1, -0.05) is 27.7 Å². The van der Waals surface area contributed by atoms with E-state index in [1.165, 1.54) is 12.3 Å². The number of aromatic hydroxyl groups is 1. The van der Waals surface area contributed by atoms with Crippen molar-refractivity contribution in [2.45, 2.75) is 71.3 Å². The van der Waals surface area contributed by atoms with E-state index in [0.717, 1.165) is 49.5 Å². The zero-order valence-electron chi connectivity index (χ0n) is 19.8. The smallest absolute Gasteiger partial charge is 0.229 e. The molecule has 2 saturated carbocycles. The average molecular weight is 485 g/mol. The van der Waals surface area contributed by atoms with Gasteiger partial charge in [-0.05, 0) is 66.4 Å². The first-order chi connectivity index (χ1) is 14.5. The van der Waals surface area contributed by atoms with E-state index in [1.807, 2.05) is 6.07 Å². The van der Waals surface area contributed by atoms with Gasteiger partial charge in [0.15, 0.2) is 0 Å². The Hall–Kier alpha value is -1.32. The third-order valence-corrected chi connectivity index (χ3v) is 10.3. The Bertz CT molecular complexity index is 1160. The van der Waals surface area contributed by atoms with Crippen LogP contribution >= 0.6 is 0 Å². The Morgan fingerprint density at radius 2 is 1.59 bits per heavy atom. The second-order valence-corrected chi connectivity index (χ2v) is 15.0. The van der Waals surface area contributed by atoms with E-state index in [0.29, 0.717) is 17.5 Å². The number of hydrogen-bond donors (Lipinski definition) is 3. The van der Waals surface area contributed by atoms with E-state index >= 15 is 0 Å². The summed E-state index contributed by atoms with van der Waals surface area (Å²) >= 11 is 0. The summed E-state index contributed by atoms with van der Waals surface area (Å²) in [6, 6.07) is 3.31. The van der Waals surface area contributed by atoms with Crippen LogP contribution in [0.5, 0.6) is 5.75 Å². The van der Waals surface area contributed by atoms with E-state index in [2.05, 4.69) is 37.1 Å². The van der Waals surface area contributed by atoms with Crippen molar-refractivity contribution in [1.82, 2.24) is 4.72 Å². The second-order valence-electron chi connectivity index (χ2n) is 11.5. The molecule has 0 heterocycles. The molecular formula is C23H36N2O5S2. The standard InChI is InChI=1S/C23H36N2O5S2/c1-21(2)17-7-9-23(4)18(22(17,3)10-8-19(21)25-32(6,29)30)12-14-11-15(24-31(5,27)28)13-16(26)20(14)23/h11,13,17-19,24-26H,7-10,12H2,1-6H3. The Balaban J connectivity index is 1.72. The van der Waals surface area contributed by atoms with Crippen LogP contribution in [0.3, 0.4) is 0 Å². The molecule has 1 aromatic rings. The van der Waals surface area contributed by atoms with Crippen molar-refractivity contribution < 1.29 is 21.9 Å². The van der Waals surface area contributed by atoms with Crippen molar-refractivity contribution in [3.8, 4) is 5.75 Å². The number of sulfonamides is 2. The number of nitrogens with one attached hydrogen (secondary N) is 2. The molecule has 2 fully saturated rings. The molecule has 1 aromatic carbocycles. The zero-order chi connectivity index (χ0) is 23.9. The van der Waals surface area contributed by atoms with E-state index in [-0.39, 0.29) is 28.0 Å². The molecule has 180 valence electrons. The Kier molecular flexibility index (Phi) is 5.28. The maximum atomic E-state index is 12.0. The Morgan fingerprint density at radius 3 is 2.19 bits per heavy atom. The van der Waals surface area contributed by atoms with Crippen LogP contribution in [0.2, 0.25) is 0 Å². The SMILES string of the molecule is CC12CCC3C(C)(C)C(NS(C)(=O)=O)CCC3(C)C1Cc1cc(NS(C)(=O)=O)cc(O)c12. The first kappa shape index (κ1) is 23.8. The first-order valence-corrected chi connectivity index (χ1v) is 15.1.